The summed E-state index contributed by atoms with van der Waals surface area (Å²) in [6, 6.07) is 18.4. The molecule has 0 bridgehead atoms. The molecule has 1 amide bonds. The van der Waals surface area contributed by atoms with Gasteiger partial charge in [0.05, 0.1) is 13.7 Å². The molecule has 0 radical (unpaired) electrons. The first kappa shape index (κ1) is 23.6. The molecule has 0 spiro atoms. The van der Waals surface area contributed by atoms with E-state index in [4.69, 9.17) is 9.47 Å². The number of methoxy groups -OCH3 is 1. The smallest absolute Gasteiger partial charge is 0.256 e. The van der Waals surface area contributed by atoms with Crippen molar-refractivity contribution in [1.82, 2.24) is 0 Å². The van der Waals surface area contributed by atoms with Crippen LogP contribution in [-0.2, 0) is 4.79 Å². The van der Waals surface area contributed by atoms with Gasteiger partial charge in [-0.25, -0.2) is 0 Å². The quantitative estimate of drug-likeness (QED) is 0.375. The number of anilines is 1. The molecule has 0 aliphatic carbocycles. The van der Waals surface area contributed by atoms with Gasteiger partial charge in [-0.3, -0.25) is 4.79 Å². The van der Waals surface area contributed by atoms with Crippen LogP contribution in [0.1, 0.15) is 68.7 Å². The number of hydrogen-bond donors (Lipinski definition) is 1. The minimum Gasteiger partial charge on any atom is -0.496 e. The Labute approximate surface area is 202 Å². The van der Waals surface area contributed by atoms with Gasteiger partial charge in [-0.2, -0.15) is 0 Å². The number of rotatable bonds is 7. The summed E-state index contributed by atoms with van der Waals surface area (Å²) in [7, 11) is 1.73. The number of carbonyl (C=O) groups is 1. The molecule has 1 aliphatic rings. The minimum absolute atomic E-state index is 0.0803. The van der Waals surface area contributed by atoms with E-state index in [0.717, 1.165) is 50.6 Å². The highest BCUT2D eigenvalue weighted by molar-refractivity contribution is 6.35. The Morgan fingerprint density at radius 3 is 2.21 bits per heavy atom. The van der Waals surface area contributed by atoms with E-state index in [1.165, 1.54) is 0 Å². The summed E-state index contributed by atoms with van der Waals surface area (Å²) in [5.41, 5.74) is 7.85. The molecule has 1 heterocycles. The van der Waals surface area contributed by atoms with E-state index < -0.39 is 0 Å². The monoisotopic (exact) mass is 455 g/mol. The summed E-state index contributed by atoms with van der Waals surface area (Å²) in [6.45, 7) is 11.3. The molecule has 4 heteroatoms. The van der Waals surface area contributed by atoms with E-state index in [1.54, 1.807) is 7.11 Å². The maximum atomic E-state index is 13.0. The van der Waals surface area contributed by atoms with Crippen molar-refractivity contribution < 1.29 is 14.3 Å². The van der Waals surface area contributed by atoms with Gasteiger partial charge in [0.2, 0.25) is 0 Å². The van der Waals surface area contributed by atoms with Crippen LogP contribution < -0.4 is 14.8 Å². The van der Waals surface area contributed by atoms with Crippen molar-refractivity contribution in [2.24, 2.45) is 0 Å². The van der Waals surface area contributed by atoms with Crippen molar-refractivity contribution in [1.29, 1.82) is 0 Å². The van der Waals surface area contributed by atoms with Gasteiger partial charge < -0.3 is 14.8 Å². The molecule has 0 saturated heterocycles. The topological polar surface area (TPSA) is 47.6 Å². The van der Waals surface area contributed by atoms with Crippen molar-refractivity contribution in [3.8, 4) is 22.6 Å². The van der Waals surface area contributed by atoms with Gasteiger partial charge in [-0.1, -0.05) is 52.0 Å². The first-order valence-corrected chi connectivity index (χ1v) is 11.9. The molecule has 3 aromatic carbocycles. The van der Waals surface area contributed by atoms with E-state index in [2.05, 4.69) is 57.3 Å². The SMILES string of the molecule is CCOc1cccc(-c2ccc3c(c2)NC(=O)/C3=C\c2cc(C(C)C)c(OC)c(C(C)C)c2)c1. The lowest BCUT2D eigenvalue weighted by atomic mass is 9.90. The average Bonchev–Trinajstić information content (AvgIpc) is 3.12. The fourth-order valence-electron chi connectivity index (χ4n) is 4.49. The molecule has 0 saturated carbocycles. The van der Waals surface area contributed by atoms with Crippen LogP contribution in [0.3, 0.4) is 0 Å². The number of benzene rings is 3. The highest BCUT2D eigenvalue weighted by Gasteiger charge is 2.25. The Bertz CT molecular complexity index is 1220. The molecule has 4 nitrogen and oxygen atoms in total. The zero-order chi connectivity index (χ0) is 24.4. The normalized spacial score (nSPS) is 14.0. The van der Waals surface area contributed by atoms with Crippen molar-refractivity contribution in [3.63, 3.8) is 0 Å². The number of fused-ring (bicyclic) bond motifs is 1. The van der Waals surface area contributed by atoms with Gasteiger partial charge in [0.1, 0.15) is 11.5 Å². The summed E-state index contributed by atoms with van der Waals surface area (Å²) in [4.78, 5) is 13.0. The molecular weight excluding hydrogens is 422 g/mol. The first-order chi connectivity index (χ1) is 16.3. The summed E-state index contributed by atoms with van der Waals surface area (Å²) in [5.74, 6) is 2.33. The second kappa shape index (κ2) is 9.76. The molecule has 34 heavy (non-hydrogen) atoms. The summed E-state index contributed by atoms with van der Waals surface area (Å²) >= 11 is 0. The van der Waals surface area contributed by atoms with Gasteiger partial charge in [-0.15, -0.1) is 0 Å². The fraction of sp³-hybridized carbons (Fsp3) is 0.300. The predicted molar refractivity (Wildman–Crippen MR) is 141 cm³/mol. The van der Waals surface area contributed by atoms with Crippen molar-refractivity contribution in [3.05, 3.63) is 76.9 Å². The summed E-state index contributed by atoms with van der Waals surface area (Å²) in [5, 5.41) is 3.05. The number of ether oxygens (including phenoxy) is 2. The zero-order valence-corrected chi connectivity index (χ0v) is 20.9. The molecule has 176 valence electrons. The molecule has 0 atom stereocenters. The Kier molecular flexibility index (Phi) is 6.78. The van der Waals surface area contributed by atoms with Crippen LogP contribution in [0.15, 0.2) is 54.6 Å². The lowest BCUT2D eigenvalue weighted by Crippen LogP contribution is -2.04. The molecule has 3 aromatic rings. The van der Waals surface area contributed by atoms with E-state index in [-0.39, 0.29) is 5.91 Å². The minimum atomic E-state index is -0.0803. The van der Waals surface area contributed by atoms with Gasteiger partial charge in [0.15, 0.2) is 0 Å². The fourth-order valence-corrected chi connectivity index (χ4v) is 4.49. The van der Waals surface area contributed by atoms with E-state index in [9.17, 15) is 4.79 Å². The molecule has 0 fully saturated rings. The Hall–Kier alpha value is -3.53. The van der Waals surface area contributed by atoms with Gasteiger partial charge in [-0.05, 0) is 83.0 Å². The molecular formula is C30H33NO3. The van der Waals surface area contributed by atoms with Crippen molar-refractivity contribution in [2.45, 2.75) is 46.5 Å². The number of nitrogens with one attached hydrogen (secondary N) is 1. The largest absolute Gasteiger partial charge is 0.496 e. The second-order valence-electron chi connectivity index (χ2n) is 9.28. The summed E-state index contributed by atoms with van der Waals surface area (Å²) < 4.78 is 11.4. The van der Waals surface area contributed by atoms with Crippen LogP contribution in [0, 0.1) is 0 Å². The Morgan fingerprint density at radius 1 is 0.912 bits per heavy atom. The van der Waals surface area contributed by atoms with Gasteiger partial charge >= 0.3 is 0 Å². The third-order valence-electron chi connectivity index (χ3n) is 6.21. The maximum Gasteiger partial charge on any atom is 0.256 e. The van der Waals surface area contributed by atoms with Crippen LogP contribution in [0.25, 0.3) is 22.8 Å². The standard InChI is InChI=1S/C30H33NO3/c1-7-34-23-10-8-9-21(16-23)22-11-12-24-27(30(32)31-28(24)17-22)15-20-13-25(18(2)3)29(33-6)26(14-20)19(4)5/h8-19H,7H2,1-6H3,(H,31,32)/b27-15-. The number of carbonyl (C=O) groups excluding carboxylic acids is 1. The predicted octanol–water partition coefficient (Wildman–Crippen LogP) is 7.50. The van der Waals surface area contributed by atoms with Crippen molar-refractivity contribution in [2.75, 3.05) is 19.0 Å². The second-order valence-corrected chi connectivity index (χ2v) is 9.28. The first-order valence-electron chi connectivity index (χ1n) is 11.9. The van der Waals surface area contributed by atoms with Crippen LogP contribution in [0.4, 0.5) is 5.69 Å². The van der Waals surface area contributed by atoms with Crippen LogP contribution in [0.5, 0.6) is 11.5 Å². The van der Waals surface area contributed by atoms with Crippen LogP contribution >= 0.6 is 0 Å². The molecule has 0 unspecified atom stereocenters. The molecule has 1 N–H and O–H groups in total. The highest BCUT2D eigenvalue weighted by Crippen LogP contribution is 2.39. The lowest BCUT2D eigenvalue weighted by Gasteiger charge is -2.19. The summed E-state index contributed by atoms with van der Waals surface area (Å²) in [6.07, 6.45) is 1.99. The lowest BCUT2D eigenvalue weighted by molar-refractivity contribution is -0.110. The van der Waals surface area contributed by atoms with E-state index in [0.29, 0.717) is 24.0 Å². The van der Waals surface area contributed by atoms with Crippen LogP contribution in [0.2, 0.25) is 0 Å². The molecule has 0 aromatic heterocycles. The van der Waals surface area contributed by atoms with E-state index in [1.807, 2.05) is 43.3 Å². The van der Waals surface area contributed by atoms with Gasteiger partial charge in [0.25, 0.3) is 5.91 Å². The average molecular weight is 456 g/mol. The highest BCUT2D eigenvalue weighted by atomic mass is 16.5. The van der Waals surface area contributed by atoms with Crippen molar-refractivity contribution >= 4 is 23.2 Å². The molecule has 1 aliphatic heterocycles. The Morgan fingerprint density at radius 2 is 1.59 bits per heavy atom. The molecule has 4 rings (SSSR count). The Balaban J connectivity index is 1.75. The van der Waals surface area contributed by atoms with E-state index >= 15 is 0 Å². The maximum absolute atomic E-state index is 13.0. The number of amides is 1. The zero-order valence-electron chi connectivity index (χ0n) is 20.9. The van der Waals surface area contributed by atoms with Gasteiger partial charge in [0, 0.05) is 16.8 Å². The third kappa shape index (κ3) is 4.58. The third-order valence-corrected chi connectivity index (χ3v) is 6.21. The van der Waals surface area contributed by atoms with Crippen LogP contribution in [-0.4, -0.2) is 19.6 Å². The number of hydrogen-bond acceptors (Lipinski definition) is 3.